The maximum Gasteiger partial charge on any atom is 0.407 e. The molecule has 1 aliphatic rings. The summed E-state index contributed by atoms with van der Waals surface area (Å²) in [6.45, 7) is 5.64. The summed E-state index contributed by atoms with van der Waals surface area (Å²) in [5.41, 5.74) is 3.35. The van der Waals surface area contributed by atoms with Gasteiger partial charge in [-0.3, -0.25) is 19.2 Å². The third-order valence-corrected chi connectivity index (χ3v) is 10.3. The molecule has 3 aromatic carbocycles. The lowest BCUT2D eigenvalue weighted by atomic mass is 10.1. The van der Waals surface area contributed by atoms with E-state index in [-0.39, 0.29) is 24.0 Å². The predicted molar refractivity (Wildman–Crippen MR) is 241 cm³/mol. The molecule has 0 saturated carbocycles. The molecule has 5 aromatic rings. The lowest BCUT2D eigenvalue weighted by Gasteiger charge is -2.34. The van der Waals surface area contributed by atoms with Crippen LogP contribution in [-0.4, -0.2) is 88.0 Å². The molecule has 1 saturated heterocycles. The van der Waals surface area contributed by atoms with Crippen LogP contribution in [-0.2, 0) is 38.4 Å². The molecule has 1 fully saturated rings. The van der Waals surface area contributed by atoms with E-state index in [1.54, 1.807) is 30.6 Å². The molecule has 14 nitrogen and oxygen atoms in total. The molecular formula is C48H52F4N8O6. The van der Waals surface area contributed by atoms with E-state index in [0.717, 1.165) is 59.6 Å². The van der Waals surface area contributed by atoms with E-state index in [1.165, 1.54) is 4.90 Å². The van der Waals surface area contributed by atoms with Crippen molar-refractivity contribution in [2.24, 2.45) is 0 Å². The van der Waals surface area contributed by atoms with Crippen LogP contribution in [0.5, 0.6) is 0 Å². The maximum absolute atomic E-state index is 13.4. The number of carbonyl (C=O) groups is 5. The van der Waals surface area contributed by atoms with Gasteiger partial charge < -0.3 is 36.2 Å². The van der Waals surface area contributed by atoms with Crippen LogP contribution in [0.15, 0.2) is 103 Å². The van der Waals surface area contributed by atoms with Gasteiger partial charge in [0, 0.05) is 44.5 Å². The average molecular weight is 913 g/mol. The second-order valence-corrected chi connectivity index (χ2v) is 15.6. The van der Waals surface area contributed by atoms with E-state index >= 15 is 0 Å². The SMILES string of the molecule is CCCC(NC(=O)Cc1cc(F)cc(F)c1)C(=O)Nc1ccc(Cc2ccccc2)cn1.CCCC(NC(=O)Cc1cc(F)cc(F)c1)C(=O)Nc1ccc(N2CCN(C(=O)O)CC2)cn1. The molecule has 18 heteroatoms. The third-order valence-electron chi connectivity index (χ3n) is 10.3. The van der Waals surface area contributed by atoms with Crippen molar-refractivity contribution in [2.45, 2.75) is 70.9 Å². The fourth-order valence-electron chi connectivity index (χ4n) is 7.07. The highest BCUT2D eigenvalue weighted by molar-refractivity contribution is 5.97. The van der Waals surface area contributed by atoms with Gasteiger partial charge in [-0.2, -0.15) is 0 Å². The van der Waals surface area contributed by atoms with Gasteiger partial charge in [-0.05, 0) is 84.0 Å². The van der Waals surface area contributed by atoms with Crippen molar-refractivity contribution < 1.29 is 46.6 Å². The Kier molecular flexibility index (Phi) is 18.5. The number of nitrogens with one attached hydrogen (secondary N) is 4. The van der Waals surface area contributed by atoms with Gasteiger partial charge in [-0.1, -0.05) is 63.1 Å². The van der Waals surface area contributed by atoms with Gasteiger partial charge in [-0.25, -0.2) is 32.3 Å². The van der Waals surface area contributed by atoms with Crippen LogP contribution in [0.3, 0.4) is 0 Å². The smallest absolute Gasteiger partial charge is 0.407 e. The Bertz CT molecular complexity index is 2380. The molecule has 0 radical (unpaired) electrons. The molecule has 3 heterocycles. The molecule has 0 spiro atoms. The van der Waals surface area contributed by atoms with Crippen molar-refractivity contribution in [3.63, 3.8) is 0 Å². The molecule has 1 aliphatic heterocycles. The number of benzene rings is 3. The van der Waals surface area contributed by atoms with Crippen LogP contribution in [0.1, 0.15) is 61.8 Å². The van der Waals surface area contributed by atoms with Crippen LogP contribution >= 0.6 is 0 Å². The largest absolute Gasteiger partial charge is 0.465 e. The molecule has 0 aliphatic carbocycles. The number of amides is 5. The van der Waals surface area contributed by atoms with Crippen molar-refractivity contribution in [2.75, 3.05) is 41.7 Å². The monoisotopic (exact) mass is 912 g/mol. The molecule has 2 aromatic heterocycles. The summed E-state index contributed by atoms with van der Waals surface area (Å²) in [4.78, 5) is 73.1. The first kappa shape index (κ1) is 49.6. The summed E-state index contributed by atoms with van der Waals surface area (Å²) in [6.07, 6.45) is 4.69. The van der Waals surface area contributed by atoms with E-state index in [9.17, 15) is 41.5 Å². The second-order valence-electron chi connectivity index (χ2n) is 15.6. The number of halogens is 4. The number of pyridine rings is 2. The zero-order valence-corrected chi connectivity index (χ0v) is 36.5. The zero-order chi connectivity index (χ0) is 47.6. The van der Waals surface area contributed by atoms with Gasteiger partial charge in [0.05, 0.1) is 24.7 Å². The molecule has 0 bridgehead atoms. The standard InChI is InChI=1S/C25H25F2N3O2.C23H27F2N5O4/c1-2-6-22(29-24(31)14-19-12-20(26)15-21(27)13-19)25(32)30-23-10-9-18(16-28-23)11-17-7-4-3-5-8-17;1-2-3-19(27-21(31)12-15-10-16(24)13-17(25)11-15)22(32)28-20-5-4-18(14-26-20)29-6-8-30(9-7-29)23(33)34/h3-5,7-10,12-13,15-16,22H,2,6,11,14H2,1H3,(H,29,31)(H,28,30,32);4-5,10-11,13-14,19H,2-3,6-9,12H2,1H3,(H,27,31)(H,33,34)(H,26,28,32). The molecule has 66 heavy (non-hydrogen) atoms. The highest BCUT2D eigenvalue weighted by Gasteiger charge is 2.24. The topological polar surface area (TPSA) is 186 Å². The highest BCUT2D eigenvalue weighted by atomic mass is 19.1. The Morgan fingerprint density at radius 1 is 0.591 bits per heavy atom. The predicted octanol–water partition coefficient (Wildman–Crippen LogP) is 7.04. The number of hydrogen-bond acceptors (Lipinski definition) is 8. The lowest BCUT2D eigenvalue weighted by Crippen LogP contribution is -2.48. The minimum atomic E-state index is -0.937. The minimum absolute atomic E-state index is 0.173. The fraction of sp³-hybridized carbons (Fsp3) is 0.312. The summed E-state index contributed by atoms with van der Waals surface area (Å²) in [5, 5.41) is 19.7. The normalized spacial score (nSPS) is 13.1. The first-order valence-corrected chi connectivity index (χ1v) is 21.5. The summed E-state index contributed by atoms with van der Waals surface area (Å²) in [6, 6.07) is 21.2. The van der Waals surface area contributed by atoms with Crippen molar-refractivity contribution in [3.8, 4) is 0 Å². The lowest BCUT2D eigenvalue weighted by molar-refractivity contribution is -0.126. The molecular weight excluding hydrogens is 861 g/mol. The van der Waals surface area contributed by atoms with E-state index in [2.05, 4.69) is 31.2 Å². The third kappa shape index (κ3) is 16.0. The average Bonchev–Trinajstić information content (AvgIpc) is 3.27. The Labute approximate surface area is 379 Å². The number of nitrogens with zero attached hydrogens (tertiary/aromatic N) is 4. The van der Waals surface area contributed by atoms with Crippen molar-refractivity contribution >= 4 is 47.0 Å². The van der Waals surface area contributed by atoms with Crippen LogP contribution in [0, 0.1) is 23.3 Å². The minimum Gasteiger partial charge on any atom is -0.465 e. The van der Waals surface area contributed by atoms with Crippen LogP contribution in [0.4, 0.5) is 39.7 Å². The van der Waals surface area contributed by atoms with Crippen molar-refractivity contribution in [3.05, 3.63) is 149 Å². The Balaban J connectivity index is 0.000000248. The molecule has 5 N–H and O–H groups in total. The van der Waals surface area contributed by atoms with E-state index in [1.807, 2.05) is 55.1 Å². The maximum atomic E-state index is 13.4. The molecule has 5 amide bonds. The summed E-state index contributed by atoms with van der Waals surface area (Å²) >= 11 is 0. The van der Waals surface area contributed by atoms with E-state index in [4.69, 9.17) is 5.11 Å². The van der Waals surface area contributed by atoms with Gasteiger partial charge in [0.2, 0.25) is 23.6 Å². The first-order chi connectivity index (χ1) is 31.7. The van der Waals surface area contributed by atoms with Crippen LogP contribution < -0.4 is 26.2 Å². The second kappa shape index (κ2) is 24.6. The Hall–Kier alpha value is -7.37. The van der Waals surface area contributed by atoms with Gasteiger partial charge in [-0.15, -0.1) is 0 Å². The Morgan fingerprint density at radius 2 is 1.06 bits per heavy atom. The van der Waals surface area contributed by atoms with Gasteiger partial charge in [0.1, 0.15) is 47.0 Å². The van der Waals surface area contributed by atoms with Crippen molar-refractivity contribution in [1.29, 1.82) is 0 Å². The number of aromatic nitrogens is 2. The number of carbonyl (C=O) groups excluding carboxylic acids is 4. The number of hydrogen-bond donors (Lipinski definition) is 5. The summed E-state index contributed by atoms with van der Waals surface area (Å²) in [7, 11) is 0. The van der Waals surface area contributed by atoms with Gasteiger partial charge >= 0.3 is 6.09 Å². The summed E-state index contributed by atoms with van der Waals surface area (Å²) < 4.78 is 53.4. The first-order valence-electron chi connectivity index (χ1n) is 21.5. The van der Waals surface area contributed by atoms with Crippen LogP contribution in [0.2, 0.25) is 0 Å². The Morgan fingerprint density at radius 3 is 1.47 bits per heavy atom. The molecule has 348 valence electrons. The quantitative estimate of drug-likeness (QED) is 0.0611. The summed E-state index contributed by atoms with van der Waals surface area (Å²) in [5.74, 6) is -4.22. The van der Waals surface area contributed by atoms with Gasteiger partial charge in [0.15, 0.2) is 0 Å². The number of rotatable bonds is 17. The van der Waals surface area contributed by atoms with Gasteiger partial charge in [0.25, 0.3) is 0 Å². The molecule has 2 unspecified atom stereocenters. The number of carboxylic acid groups (broad SMARTS) is 1. The van der Waals surface area contributed by atoms with Crippen LogP contribution in [0.25, 0.3) is 0 Å². The number of piperazine rings is 1. The highest BCUT2D eigenvalue weighted by Crippen LogP contribution is 2.19. The molecule has 6 rings (SSSR count). The van der Waals surface area contributed by atoms with E-state index < -0.39 is 65.1 Å². The fourth-order valence-corrected chi connectivity index (χ4v) is 7.07. The van der Waals surface area contributed by atoms with E-state index in [0.29, 0.717) is 63.5 Å². The molecule has 2 atom stereocenters. The van der Waals surface area contributed by atoms with Crippen molar-refractivity contribution in [1.82, 2.24) is 25.5 Å². The number of anilines is 3. The zero-order valence-electron chi connectivity index (χ0n) is 36.5.